The van der Waals surface area contributed by atoms with Crippen molar-refractivity contribution in [3.05, 3.63) is 30.3 Å². The van der Waals surface area contributed by atoms with E-state index in [2.05, 4.69) is 26.1 Å². The van der Waals surface area contributed by atoms with Gasteiger partial charge in [0.15, 0.2) is 12.1 Å². The van der Waals surface area contributed by atoms with Crippen LogP contribution < -0.4 is 10.2 Å². The molecule has 3 heterocycles. The average molecular weight is 501 g/mol. The zero-order valence-electron chi connectivity index (χ0n) is 22.1. The summed E-state index contributed by atoms with van der Waals surface area (Å²) in [5.41, 5.74) is 0.154. The van der Waals surface area contributed by atoms with Crippen molar-refractivity contribution in [3.8, 4) is 0 Å². The number of hydrogen-bond donors (Lipinski definition) is 1. The van der Waals surface area contributed by atoms with Crippen molar-refractivity contribution < 1.29 is 28.5 Å². The quantitative estimate of drug-likeness (QED) is 0.675. The van der Waals surface area contributed by atoms with Crippen molar-refractivity contribution in [2.75, 3.05) is 11.5 Å². The van der Waals surface area contributed by atoms with Crippen LogP contribution in [-0.2, 0) is 28.5 Å². The number of nitrogens with zero attached hydrogens (tertiary/aromatic N) is 1. The Morgan fingerprint density at radius 1 is 1.00 bits per heavy atom. The Balaban J connectivity index is 1.46. The molecule has 0 radical (unpaired) electrons. The summed E-state index contributed by atoms with van der Waals surface area (Å²) in [6.45, 7) is 10.3. The van der Waals surface area contributed by atoms with Crippen molar-refractivity contribution in [2.45, 2.75) is 115 Å². The molecule has 1 N–H and O–H groups in total. The van der Waals surface area contributed by atoms with Gasteiger partial charge in [-0.05, 0) is 50.7 Å². The maximum absolute atomic E-state index is 14.0. The third-order valence-corrected chi connectivity index (χ3v) is 7.50. The number of nitrogens with one attached hydrogen (secondary N) is 1. The molecule has 5 rings (SSSR count). The van der Waals surface area contributed by atoms with Crippen molar-refractivity contribution in [1.82, 2.24) is 5.32 Å². The molecule has 1 aromatic rings. The van der Waals surface area contributed by atoms with E-state index in [1.54, 1.807) is 0 Å². The van der Waals surface area contributed by atoms with Gasteiger partial charge in [-0.2, -0.15) is 0 Å². The van der Waals surface area contributed by atoms with Crippen LogP contribution >= 0.6 is 0 Å². The highest BCUT2D eigenvalue weighted by molar-refractivity contribution is 6.02. The van der Waals surface area contributed by atoms with E-state index in [0.29, 0.717) is 5.69 Å². The van der Waals surface area contributed by atoms with Crippen LogP contribution in [0.15, 0.2) is 30.3 Å². The summed E-state index contributed by atoms with van der Waals surface area (Å²) < 4.78 is 25.4. The standard InChI is InChI=1S/C28H40N2O6/c1-26(2,3)17-27(4,5)29-24(32)20-21-22(33-16-19(31)30(20)18-12-8-6-9-13-18)23-25(34-21)36-28(35-23)14-10-7-11-15-28/h6,8-9,12-13,20-23,25H,7,10-11,14-17H2,1-5H3,(H,29,32)/t20-,21-,22+,23-,25-/m1/s1. The predicted molar refractivity (Wildman–Crippen MR) is 134 cm³/mol. The second-order valence-corrected chi connectivity index (χ2v) is 12.6. The van der Waals surface area contributed by atoms with Crippen LogP contribution in [-0.4, -0.2) is 60.4 Å². The van der Waals surface area contributed by atoms with E-state index < -0.39 is 42.0 Å². The van der Waals surface area contributed by atoms with Gasteiger partial charge in [-0.1, -0.05) is 45.4 Å². The van der Waals surface area contributed by atoms with Crippen LogP contribution in [0, 0.1) is 5.41 Å². The number of anilines is 1. The summed E-state index contributed by atoms with van der Waals surface area (Å²) >= 11 is 0. The molecule has 36 heavy (non-hydrogen) atoms. The first-order valence-electron chi connectivity index (χ1n) is 13.3. The minimum absolute atomic E-state index is 0.0116. The maximum Gasteiger partial charge on any atom is 0.253 e. The number of carbonyl (C=O) groups excluding carboxylic acids is 2. The molecule has 8 nitrogen and oxygen atoms in total. The topological polar surface area (TPSA) is 86.3 Å². The molecule has 3 aliphatic heterocycles. The van der Waals surface area contributed by atoms with Gasteiger partial charge < -0.3 is 24.3 Å². The lowest BCUT2D eigenvalue weighted by atomic mass is 9.81. The molecule has 0 bridgehead atoms. The lowest BCUT2D eigenvalue weighted by molar-refractivity contribution is -0.248. The molecule has 0 aromatic heterocycles. The first kappa shape index (κ1) is 25.6. The smallest absolute Gasteiger partial charge is 0.253 e. The molecule has 3 saturated heterocycles. The predicted octanol–water partition coefficient (Wildman–Crippen LogP) is 3.92. The van der Waals surface area contributed by atoms with Crippen molar-refractivity contribution >= 4 is 17.5 Å². The summed E-state index contributed by atoms with van der Waals surface area (Å²) in [5.74, 6) is -1.20. The van der Waals surface area contributed by atoms with E-state index >= 15 is 0 Å². The van der Waals surface area contributed by atoms with E-state index in [4.69, 9.17) is 18.9 Å². The highest BCUT2D eigenvalue weighted by Gasteiger charge is 2.62. The van der Waals surface area contributed by atoms with Gasteiger partial charge in [-0.15, -0.1) is 0 Å². The van der Waals surface area contributed by atoms with E-state index in [9.17, 15) is 9.59 Å². The SMILES string of the molecule is CC(C)(C)CC(C)(C)NC(=O)[C@H]1[C@H]2O[C@@H]3OC4(CCCCC4)O[C@@H]3[C@H]2OCC(=O)N1c1ccccc1. The second kappa shape index (κ2) is 9.39. The van der Waals surface area contributed by atoms with E-state index in [1.807, 2.05) is 44.2 Å². The molecule has 5 atom stereocenters. The Hall–Kier alpha value is -2.00. The van der Waals surface area contributed by atoms with E-state index in [1.165, 1.54) is 11.3 Å². The Morgan fingerprint density at radius 3 is 2.36 bits per heavy atom. The molecule has 4 fully saturated rings. The highest BCUT2D eigenvalue weighted by atomic mass is 16.8. The van der Waals surface area contributed by atoms with Gasteiger partial charge in [0.25, 0.3) is 5.91 Å². The van der Waals surface area contributed by atoms with Crippen LogP contribution in [0.2, 0.25) is 0 Å². The lowest BCUT2D eigenvalue weighted by Gasteiger charge is -2.39. The zero-order valence-corrected chi connectivity index (χ0v) is 22.1. The summed E-state index contributed by atoms with van der Waals surface area (Å²) in [6, 6.07) is 8.33. The second-order valence-electron chi connectivity index (χ2n) is 12.6. The molecule has 0 unspecified atom stereocenters. The number of ether oxygens (including phenoxy) is 4. The van der Waals surface area contributed by atoms with Crippen LogP contribution in [0.4, 0.5) is 5.69 Å². The van der Waals surface area contributed by atoms with Gasteiger partial charge >= 0.3 is 0 Å². The number of para-hydroxylation sites is 1. The summed E-state index contributed by atoms with van der Waals surface area (Å²) in [6.07, 6.45) is 3.25. The molecule has 198 valence electrons. The molecule has 1 aliphatic carbocycles. The Kier molecular flexibility index (Phi) is 6.69. The molecular formula is C28H40N2O6. The van der Waals surface area contributed by atoms with E-state index in [-0.39, 0.29) is 23.8 Å². The fourth-order valence-corrected chi connectivity index (χ4v) is 6.60. The minimum Gasteiger partial charge on any atom is -0.363 e. The average Bonchev–Trinajstić information content (AvgIpc) is 3.23. The van der Waals surface area contributed by atoms with Crippen molar-refractivity contribution in [3.63, 3.8) is 0 Å². The van der Waals surface area contributed by atoms with Gasteiger partial charge in [-0.25, -0.2) is 0 Å². The molecule has 1 saturated carbocycles. The first-order valence-corrected chi connectivity index (χ1v) is 13.3. The highest BCUT2D eigenvalue weighted by Crippen LogP contribution is 2.47. The lowest BCUT2D eigenvalue weighted by Crippen LogP contribution is -2.61. The largest absolute Gasteiger partial charge is 0.363 e. The molecule has 1 spiro atoms. The van der Waals surface area contributed by atoms with Gasteiger partial charge in [0.1, 0.15) is 31.0 Å². The number of benzene rings is 1. The summed E-state index contributed by atoms with van der Waals surface area (Å²) in [5, 5.41) is 3.22. The van der Waals surface area contributed by atoms with Gasteiger partial charge in [0.05, 0.1) is 0 Å². The third-order valence-electron chi connectivity index (χ3n) is 7.50. The Labute approximate surface area is 214 Å². The van der Waals surface area contributed by atoms with Crippen LogP contribution in [0.3, 0.4) is 0 Å². The number of carbonyl (C=O) groups is 2. The number of amides is 2. The number of fused-ring (bicyclic) bond motifs is 3. The summed E-state index contributed by atoms with van der Waals surface area (Å²) in [7, 11) is 0. The van der Waals surface area contributed by atoms with Gasteiger partial charge in [0, 0.05) is 24.1 Å². The minimum atomic E-state index is -0.924. The third kappa shape index (κ3) is 5.05. The van der Waals surface area contributed by atoms with Crippen molar-refractivity contribution in [1.29, 1.82) is 0 Å². The van der Waals surface area contributed by atoms with Crippen LogP contribution in [0.5, 0.6) is 0 Å². The summed E-state index contributed by atoms with van der Waals surface area (Å²) in [4.78, 5) is 29.0. The Bertz CT molecular complexity index is 968. The molecule has 4 aliphatic rings. The van der Waals surface area contributed by atoms with E-state index in [0.717, 1.165) is 32.1 Å². The monoisotopic (exact) mass is 500 g/mol. The fraction of sp³-hybridized carbons (Fsp3) is 0.714. The molecule has 1 aromatic carbocycles. The van der Waals surface area contributed by atoms with Gasteiger partial charge in [-0.3, -0.25) is 14.5 Å². The first-order chi connectivity index (χ1) is 17.0. The zero-order chi connectivity index (χ0) is 25.7. The molecule has 2 amide bonds. The molecule has 8 heteroatoms. The van der Waals surface area contributed by atoms with Crippen LogP contribution in [0.25, 0.3) is 0 Å². The number of rotatable bonds is 4. The maximum atomic E-state index is 14.0. The fourth-order valence-electron chi connectivity index (χ4n) is 6.60. The number of hydrogen-bond acceptors (Lipinski definition) is 6. The normalized spacial score (nSPS) is 32.2. The molecular weight excluding hydrogens is 460 g/mol. The van der Waals surface area contributed by atoms with Gasteiger partial charge in [0.2, 0.25) is 5.91 Å². The van der Waals surface area contributed by atoms with Crippen molar-refractivity contribution in [2.24, 2.45) is 5.41 Å². The van der Waals surface area contributed by atoms with Crippen LogP contribution in [0.1, 0.15) is 73.1 Å². The Morgan fingerprint density at radius 2 is 1.69 bits per heavy atom.